The predicted molar refractivity (Wildman–Crippen MR) is 62.0 cm³/mol. The van der Waals surface area contributed by atoms with Crippen molar-refractivity contribution in [3.8, 4) is 0 Å². The van der Waals surface area contributed by atoms with Gasteiger partial charge in [0.1, 0.15) is 0 Å². The third-order valence-corrected chi connectivity index (χ3v) is 3.49. The summed E-state index contributed by atoms with van der Waals surface area (Å²) in [4.78, 5) is 2.66. The van der Waals surface area contributed by atoms with Gasteiger partial charge in [0.05, 0.1) is 13.2 Å². The van der Waals surface area contributed by atoms with E-state index in [-0.39, 0.29) is 0 Å². The molecule has 0 amide bonds. The molecule has 0 unspecified atom stereocenters. The molecule has 3 heteroatoms. The van der Waals surface area contributed by atoms with Crippen molar-refractivity contribution in [2.24, 2.45) is 11.8 Å². The summed E-state index contributed by atoms with van der Waals surface area (Å²) in [7, 11) is 0. The topological polar surface area (TPSA) is 24.5 Å². The molecular formula is C12H24N2O. The maximum Gasteiger partial charge on any atom is 0.0593 e. The fourth-order valence-corrected chi connectivity index (χ4v) is 2.84. The third-order valence-electron chi connectivity index (χ3n) is 3.49. The van der Waals surface area contributed by atoms with Crippen LogP contribution in [0.4, 0.5) is 0 Å². The summed E-state index contributed by atoms with van der Waals surface area (Å²) in [5.41, 5.74) is 0. The molecule has 88 valence electrons. The molecule has 3 nitrogen and oxygen atoms in total. The van der Waals surface area contributed by atoms with Crippen molar-refractivity contribution in [1.82, 2.24) is 10.2 Å². The van der Waals surface area contributed by atoms with Crippen molar-refractivity contribution >= 4 is 0 Å². The van der Waals surface area contributed by atoms with Gasteiger partial charge in [-0.1, -0.05) is 13.8 Å². The number of hydrogen-bond donors (Lipinski definition) is 1. The number of ether oxygens (including phenoxy) is 1. The maximum absolute atomic E-state index is 5.69. The monoisotopic (exact) mass is 212 g/mol. The first kappa shape index (κ1) is 11.4. The Morgan fingerprint density at radius 1 is 1.47 bits per heavy atom. The van der Waals surface area contributed by atoms with Gasteiger partial charge in [0, 0.05) is 31.6 Å². The van der Waals surface area contributed by atoms with E-state index in [4.69, 9.17) is 4.74 Å². The van der Waals surface area contributed by atoms with Crippen molar-refractivity contribution < 1.29 is 4.74 Å². The van der Waals surface area contributed by atoms with Crippen LogP contribution >= 0.6 is 0 Å². The minimum absolute atomic E-state index is 0.708. The van der Waals surface area contributed by atoms with Gasteiger partial charge in [-0.15, -0.1) is 0 Å². The first-order valence-electron chi connectivity index (χ1n) is 6.30. The van der Waals surface area contributed by atoms with E-state index in [1.54, 1.807) is 0 Å². The Hall–Kier alpha value is -0.120. The van der Waals surface area contributed by atoms with Gasteiger partial charge in [0.25, 0.3) is 0 Å². The number of fused-ring (bicyclic) bond motifs is 1. The second-order valence-corrected chi connectivity index (χ2v) is 5.28. The van der Waals surface area contributed by atoms with E-state index in [0.29, 0.717) is 5.92 Å². The molecule has 0 bridgehead atoms. The lowest BCUT2D eigenvalue weighted by molar-refractivity contribution is 0.0992. The Bertz CT molecular complexity index is 196. The minimum atomic E-state index is 0.708. The molecular weight excluding hydrogens is 188 g/mol. The Morgan fingerprint density at radius 3 is 3.13 bits per heavy atom. The highest BCUT2D eigenvalue weighted by Crippen LogP contribution is 2.22. The van der Waals surface area contributed by atoms with Crippen LogP contribution in [-0.4, -0.2) is 50.3 Å². The molecule has 0 aromatic heterocycles. The Balaban J connectivity index is 1.99. The summed E-state index contributed by atoms with van der Waals surface area (Å²) in [6.07, 6.45) is 1.29. The fourth-order valence-electron chi connectivity index (χ4n) is 2.84. The van der Waals surface area contributed by atoms with Crippen molar-refractivity contribution in [3.05, 3.63) is 0 Å². The van der Waals surface area contributed by atoms with Crippen molar-refractivity contribution in [2.75, 3.05) is 39.4 Å². The van der Waals surface area contributed by atoms with Gasteiger partial charge in [-0.2, -0.15) is 0 Å². The summed E-state index contributed by atoms with van der Waals surface area (Å²) in [5.74, 6) is 1.47. The molecule has 0 aliphatic carbocycles. The zero-order valence-electron chi connectivity index (χ0n) is 10.0. The molecule has 2 aliphatic heterocycles. The second kappa shape index (κ2) is 5.28. The van der Waals surface area contributed by atoms with Crippen LogP contribution in [0.3, 0.4) is 0 Å². The van der Waals surface area contributed by atoms with Crippen LogP contribution < -0.4 is 5.32 Å². The van der Waals surface area contributed by atoms with Gasteiger partial charge < -0.3 is 10.1 Å². The summed E-state index contributed by atoms with van der Waals surface area (Å²) < 4.78 is 5.69. The number of nitrogens with zero attached hydrogens (tertiary/aromatic N) is 1. The highest BCUT2D eigenvalue weighted by atomic mass is 16.5. The average Bonchev–Trinajstić information content (AvgIpc) is 2.41. The number of hydrogen-bond acceptors (Lipinski definition) is 3. The van der Waals surface area contributed by atoms with Gasteiger partial charge in [0.15, 0.2) is 0 Å². The summed E-state index contributed by atoms with van der Waals surface area (Å²) >= 11 is 0. The SMILES string of the molecule is CC(C)CN1CCOC[C@@H]2CNCC[C@H]21. The maximum atomic E-state index is 5.69. The number of nitrogens with one attached hydrogen (secondary N) is 1. The van der Waals surface area contributed by atoms with E-state index in [0.717, 1.165) is 38.3 Å². The highest BCUT2D eigenvalue weighted by molar-refractivity contribution is 4.87. The molecule has 2 rings (SSSR count). The lowest BCUT2D eigenvalue weighted by atomic mass is 9.92. The van der Waals surface area contributed by atoms with Crippen molar-refractivity contribution in [2.45, 2.75) is 26.3 Å². The van der Waals surface area contributed by atoms with Crippen LogP contribution in [0.15, 0.2) is 0 Å². The average molecular weight is 212 g/mol. The standard InChI is InChI=1S/C12H24N2O/c1-10(2)8-14-5-6-15-9-11-7-13-4-3-12(11)14/h10-13H,3-9H2,1-2H3/t11-,12+/m0/s1. The van der Waals surface area contributed by atoms with Crippen molar-refractivity contribution in [1.29, 1.82) is 0 Å². The first-order valence-corrected chi connectivity index (χ1v) is 6.30. The molecule has 0 aromatic carbocycles. The van der Waals surface area contributed by atoms with E-state index < -0.39 is 0 Å². The van der Waals surface area contributed by atoms with Gasteiger partial charge in [0.2, 0.25) is 0 Å². The van der Waals surface area contributed by atoms with Crippen LogP contribution in [0, 0.1) is 11.8 Å². The van der Waals surface area contributed by atoms with Crippen LogP contribution in [0.1, 0.15) is 20.3 Å². The molecule has 2 atom stereocenters. The van der Waals surface area contributed by atoms with Gasteiger partial charge >= 0.3 is 0 Å². The van der Waals surface area contributed by atoms with E-state index in [1.165, 1.54) is 19.5 Å². The molecule has 15 heavy (non-hydrogen) atoms. The molecule has 2 saturated heterocycles. The van der Waals surface area contributed by atoms with E-state index in [1.807, 2.05) is 0 Å². The van der Waals surface area contributed by atoms with Crippen LogP contribution in [-0.2, 0) is 4.74 Å². The van der Waals surface area contributed by atoms with Crippen LogP contribution in [0.2, 0.25) is 0 Å². The van der Waals surface area contributed by atoms with Crippen molar-refractivity contribution in [3.63, 3.8) is 0 Å². The lowest BCUT2D eigenvalue weighted by Gasteiger charge is -2.38. The second-order valence-electron chi connectivity index (χ2n) is 5.28. The van der Waals surface area contributed by atoms with Crippen LogP contribution in [0.25, 0.3) is 0 Å². The van der Waals surface area contributed by atoms with Crippen LogP contribution in [0.5, 0.6) is 0 Å². The quantitative estimate of drug-likeness (QED) is 0.737. The fraction of sp³-hybridized carbons (Fsp3) is 1.00. The summed E-state index contributed by atoms with van der Waals surface area (Å²) in [6.45, 7) is 11.1. The summed E-state index contributed by atoms with van der Waals surface area (Å²) in [5, 5.41) is 3.48. The van der Waals surface area contributed by atoms with E-state index >= 15 is 0 Å². The Kier molecular flexibility index (Phi) is 4.00. The highest BCUT2D eigenvalue weighted by Gasteiger charge is 2.32. The molecule has 2 aliphatic rings. The van der Waals surface area contributed by atoms with Gasteiger partial charge in [-0.25, -0.2) is 0 Å². The molecule has 0 aromatic rings. The van der Waals surface area contributed by atoms with E-state index in [2.05, 4.69) is 24.1 Å². The molecule has 0 spiro atoms. The molecule has 2 heterocycles. The third kappa shape index (κ3) is 2.92. The Morgan fingerprint density at radius 2 is 2.33 bits per heavy atom. The van der Waals surface area contributed by atoms with Gasteiger partial charge in [-0.05, 0) is 18.9 Å². The molecule has 0 radical (unpaired) electrons. The molecule has 2 fully saturated rings. The largest absolute Gasteiger partial charge is 0.380 e. The number of rotatable bonds is 2. The predicted octanol–water partition coefficient (Wildman–Crippen LogP) is 0.953. The minimum Gasteiger partial charge on any atom is -0.380 e. The normalized spacial score (nSPS) is 33.8. The zero-order chi connectivity index (χ0) is 10.7. The first-order chi connectivity index (χ1) is 7.27. The van der Waals surface area contributed by atoms with Gasteiger partial charge in [-0.3, -0.25) is 4.90 Å². The lowest BCUT2D eigenvalue weighted by Crippen LogP contribution is -2.50. The molecule has 1 N–H and O–H groups in total. The Labute approximate surface area is 93.2 Å². The summed E-state index contributed by atoms with van der Waals surface area (Å²) in [6, 6.07) is 0.760. The smallest absolute Gasteiger partial charge is 0.0593 e. The van der Waals surface area contributed by atoms with E-state index in [9.17, 15) is 0 Å². The molecule has 0 saturated carbocycles. The zero-order valence-corrected chi connectivity index (χ0v) is 10.0. The number of piperidine rings is 1.